The van der Waals surface area contributed by atoms with Gasteiger partial charge in [-0.2, -0.15) is 17.5 Å². The van der Waals surface area contributed by atoms with Gasteiger partial charge in [0, 0.05) is 18.0 Å². The van der Waals surface area contributed by atoms with Crippen molar-refractivity contribution in [3.63, 3.8) is 0 Å². The van der Waals surface area contributed by atoms with Crippen LogP contribution in [-0.2, 0) is 10.0 Å². The number of nitrogens with zero attached hydrogens (tertiary/aromatic N) is 1. The molecule has 0 aliphatic carbocycles. The highest BCUT2D eigenvalue weighted by Crippen LogP contribution is 2.39. The molecule has 0 amide bonds. The lowest BCUT2D eigenvalue weighted by molar-refractivity contribution is -0.252. The monoisotopic (exact) mass is 329 g/mol. The third kappa shape index (κ3) is 2.65. The first-order valence-corrected chi connectivity index (χ1v) is 7.43. The molecule has 20 heavy (non-hydrogen) atoms. The highest BCUT2D eigenvalue weighted by atomic mass is 35.5. The molecule has 1 aromatic carbocycles. The van der Waals surface area contributed by atoms with Crippen molar-refractivity contribution >= 4 is 21.6 Å². The average molecular weight is 330 g/mol. The normalized spacial score (nSPS) is 25.1. The number of alkyl halides is 3. The number of sulfonamides is 1. The van der Waals surface area contributed by atoms with E-state index in [2.05, 4.69) is 0 Å². The molecule has 1 heterocycles. The van der Waals surface area contributed by atoms with Crippen molar-refractivity contribution in [1.82, 2.24) is 4.31 Å². The molecule has 2 rings (SSSR count). The minimum absolute atomic E-state index is 0.163. The van der Waals surface area contributed by atoms with Gasteiger partial charge in [-0.05, 0) is 18.2 Å². The summed E-state index contributed by atoms with van der Waals surface area (Å²) in [5.74, 6) is 0. The van der Waals surface area contributed by atoms with Crippen LogP contribution in [0, 0.1) is 0 Å². The van der Waals surface area contributed by atoms with E-state index in [1.807, 2.05) is 0 Å². The summed E-state index contributed by atoms with van der Waals surface area (Å²) in [6.45, 7) is -1.41. The standard InChI is InChI=1S/C11H11ClF3NO3S/c12-8-2-1-3-9(6-8)20(18,19)16-5-4-10(17,7-16)11(13,14)15/h1-3,6,17H,4-5,7H2/t10-/m1/s1. The molecule has 0 bridgehead atoms. The highest BCUT2D eigenvalue weighted by Gasteiger charge is 2.58. The molecule has 1 saturated heterocycles. The Bertz CT molecular complexity index is 620. The highest BCUT2D eigenvalue weighted by molar-refractivity contribution is 7.89. The molecule has 0 spiro atoms. The fraction of sp³-hybridized carbons (Fsp3) is 0.455. The van der Waals surface area contributed by atoms with Crippen molar-refractivity contribution in [2.75, 3.05) is 13.1 Å². The lowest BCUT2D eigenvalue weighted by Gasteiger charge is -2.25. The van der Waals surface area contributed by atoms with E-state index < -0.39 is 41.3 Å². The van der Waals surface area contributed by atoms with E-state index in [1.165, 1.54) is 18.2 Å². The Kier molecular flexibility index (Phi) is 3.79. The maximum Gasteiger partial charge on any atom is 0.418 e. The average Bonchev–Trinajstić information content (AvgIpc) is 2.73. The fourth-order valence-electron chi connectivity index (χ4n) is 1.97. The number of aliphatic hydroxyl groups is 1. The third-order valence-corrected chi connectivity index (χ3v) is 5.25. The van der Waals surface area contributed by atoms with Gasteiger partial charge in [-0.3, -0.25) is 0 Å². The summed E-state index contributed by atoms with van der Waals surface area (Å²) in [7, 11) is -4.10. The Balaban J connectivity index is 2.30. The van der Waals surface area contributed by atoms with Gasteiger partial charge in [0.25, 0.3) is 0 Å². The first-order valence-electron chi connectivity index (χ1n) is 5.61. The summed E-state index contributed by atoms with van der Waals surface area (Å²) in [4.78, 5) is -0.198. The number of hydrogen-bond acceptors (Lipinski definition) is 3. The Labute approximate surface area is 118 Å². The lowest BCUT2D eigenvalue weighted by atomic mass is 10.0. The second kappa shape index (κ2) is 4.87. The van der Waals surface area contributed by atoms with E-state index in [9.17, 15) is 26.7 Å². The molecule has 1 aromatic rings. The van der Waals surface area contributed by atoms with Crippen LogP contribution in [-0.4, -0.2) is 42.7 Å². The third-order valence-electron chi connectivity index (χ3n) is 3.17. The zero-order valence-corrected chi connectivity index (χ0v) is 11.6. The van der Waals surface area contributed by atoms with Crippen LogP contribution < -0.4 is 0 Å². The zero-order chi connectivity index (χ0) is 15.2. The van der Waals surface area contributed by atoms with Crippen molar-refractivity contribution in [3.8, 4) is 0 Å². The number of halogens is 4. The summed E-state index contributed by atoms with van der Waals surface area (Å²) in [6, 6.07) is 5.24. The van der Waals surface area contributed by atoms with Crippen LogP contribution in [0.25, 0.3) is 0 Å². The van der Waals surface area contributed by atoms with Gasteiger partial charge >= 0.3 is 6.18 Å². The number of rotatable bonds is 2. The van der Waals surface area contributed by atoms with Crippen LogP contribution in [0.4, 0.5) is 13.2 Å². The van der Waals surface area contributed by atoms with Gasteiger partial charge in [-0.1, -0.05) is 17.7 Å². The molecule has 0 aromatic heterocycles. The summed E-state index contributed by atoms with van der Waals surface area (Å²) in [5.41, 5.74) is -3.00. The maximum atomic E-state index is 12.7. The molecule has 4 nitrogen and oxygen atoms in total. The zero-order valence-electron chi connectivity index (χ0n) is 10.1. The number of benzene rings is 1. The molecule has 1 N–H and O–H groups in total. The van der Waals surface area contributed by atoms with E-state index >= 15 is 0 Å². The molecular formula is C11H11ClF3NO3S. The summed E-state index contributed by atoms with van der Waals surface area (Å²) in [5, 5.41) is 9.67. The van der Waals surface area contributed by atoms with E-state index in [0.717, 1.165) is 6.07 Å². The molecule has 0 radical (unpaired) electrons. The fourth-order valence-corrected chi connectivity index (χ4v) is 3.77. The molecule has 0 unspecified atom stereocenters. The predicted molar refractivity (Wildman–Crippen MR) is 65.8 cm³/mol. The van der Waals surface area contributed by atoms with Crippen LogP contribution in [0.1, 0.15) is 6.42 Å². The van der Waals surface area contributed by atoms with Crippen molar-refractivity contribution in [2.45, 2.75) is 23.1 Å². The summed E-state index contributed by atoms with van der Waals surface area (Å²) >= 11 is 5.67. The van der Waals surface area contributed by atoms with Crippen LogP contribution >= 0.6 is 11.6 Å². The largest absolute Gasteiger partial charge is 0.418 e. The van der Waals surface area contributed by atoms with Crippen LogP contribution in [0.2, 0.25) is 5.02 Å². The van der Waals surface area contributed by atoms with Crippen LogP contribution in [0.5, 0.6) is 0 Å². The van der Waals surface area contributed by atoms with Crippen molar-refractivity contribution in [2.24, 2.45) is 0 Å². The molecule has 0 saturated carbocycles. The number of β-amino-alcohol motifs (C(OH)–C–C–N with tert-alkyl or cyclic N) is 1. The molecule has 1 aliphatic rings. The molecule has 1 atom stereocenters. The second-order valence-electron chi connectivity index (χ2n) is 4.58. The Morgan fingerprint density at radius 1 is 1.35 bits per heavy atom. The second-order valence-corrected chi connectivity index (χ2v) is 6.95. The van der Waals surface area contributed by atoms with Gasteiger partial charge in [0.2, 0.25) is 10.0 Å². The van der Waals surface area contributed by atoms with Gasteiger partial charge in [0.1, 0.15) is 0 Å². The van der Waals surface area contributed by atoms with Gasteiger partial charge in [0.05, 0.1) is 11.4 Å². The maximum absolute atomic E-state index is 12.7. The van der Waals surface area contributed by atoms with Gasteiger partial charge in [0.15, 0.2) is 5.60 Å². The van der Waals surface area contributed by atoms with Crippen LogP contribution in [0.3, 0.4) is 0 Å². The van der Waals surface area contributed by atoms with Crippen LogP contribution in [0.15, 0.2) is 29.2 Å². The van der Waals surface area contributed by atoms with E-state index in [1.54, 1.807) is 0 Å². The Hall–Kier alpha value is -0.830. The minimum atomic E-state index is -4.87. The molecule has 112 valence electrons. The van der Waals surface area contributed by atoms with Crippen molar-refractivity contribution < 1.29 is 26.7 Å². The van der Waals surface area contributed by atoms with Gasteiger partial charge < -0.3 is 5.11 Å². The Morgan fingerprint density at radius 3 is 2.50 bits per heavy atom. The smallest absolute Gasteiger partial charge is 0.379 e. The predicted octanol–water partition coefficient (Wildman–Crippen LogP) is 2.03. The Morgan fingerprint density at radius 2 is 2.00 bits per heavy atom. The lowest BCUT2D eigenvalue weighted by Crippen LogP contribution is -2.48. The number of hydrogen-bond donors (Lipinski definition) is 1. The van der Waals surface area contributed by atoms with Crippen molar-refractivity contribution in [1.29, 1.82) is 0 Å². The molecular weight excluding hydrogens is 319 g/mol. The quantitative estimate of drug-likeness (QED) is 0.903. The van der Waals surface area contributed by atoms with Gasteiger partial charge in [-0.15, -0.1) is 0 Å². The summed E-state index contributed by atoms with van der Waals surface area (Å²) in [6.07, 6.45) is -5.55. The SMILES string of the molecule is O=S(=O)(c1cccc(Cl)c1)N1CC[C@](O)(C(F)(F)F)C1. The minimum Gasteiger partial charge on any atom is -0.379 e. The topological polar surface area (TPSA) is 57.6 Å². The summed E-state index contributed by atoms with van der Waals surface area (Å²) < 4.78 is 63.0. The first-order chi connectivity index (χ1) is 9.06. The van der Waals surface area contributed by atoms with Crippen molar-refractivity contribution in [3.05, 3.63) is 29.3 Å². The first kappa shape index (κ1) is 15.6. The molecule has 1 fully saturated rings. The van der Waals surface area contributed by atoms with E-state index in [-0.39, 0.29) is 9.92 Å². The van der Waals surface area contributed by atoms with E-state index in [0.29, 0.717) is 4.31 Å². The van der Waals surface area contributed by atoms with E-state index in [4.69, 9.17) is 11.6 Å². The molecule has 1 aliphatic heterocycles. The molecule has 9 heteroatoms. The van der Waals surface area contributed by atoms with Gasteiger partial charge in [-0.25, -0.2) is 8.42 Å².